The van der Waals surface area contributed by atoms with Gasteiger partial charge in [0.1, 0.15) is 0 Å². The quantitative estimate of drug-likeness (QED) is 0.229. The Labute approximate surface area is 272 Å². The number of nitrogens with zero attached hydrogens (tertiary/aromatic N) is 6. The lowest BCUT2D eigenvalue weighted by Gasteiger charge is -2.19. The molecule has 0 N–H and O–H groups in total. The minimum atomic E-state index is -3.67. The number of guanidine groups is 2. The maximum absolute atomic E-state index is 9.67. The van der Waals surface area contributed by atoms with E-state index in [1.165, 1.54) is 11.9 Å². The van der Waals surface area contributed by atoms with E-state index in [0.29, 0.717) is 0 Å². The first-order valence-electron chi connectivity index (χ1n) is 12.1. The molecule has 42 heavy (non-hydrogen) atoms. The van der Waals surface area contributed by atoms with Crippen molar-refractivity contribution in [1.29, 1.82) is 0 Å². The molecule has 7 nitrogen and oxygen atoms in total. The van der Waals surface area contributed by atoms with Crippen molar-refractivity contribution < 1.29 is 48.7 Å². The average Bonchev–Trinajstić information content (AvgIpc) is 3.27. The van der Waals surface area contributed by atoms with E-state index >= 15 is 0 Å². The minimum Gasteiger partial charge on any atom is -1.00 e. The highest BCUT2D eigenvalue weighted by molar-refractivity contribution is 6.33. The van der Waals surface area contributed by atoms with Crippen LogP contribution in [0.15, 0.2) is 0 Å². The lowest BCUT2D eigenvalue weighted by atomic mass is 10.5. The highest BCUT2D eigenvalue weighted by Gasteiger charge is 2.29. The lowest BCUT2D eigenvalue weighted by molar-refractivity contribution is -0.491. The van der Waals surface area contributed by atoms with Gasteiger partial charge in [-0.2, -0.15) is 0 Å². The molecule has 0 aliphatic carbocycles. The van der Waals surface area contributed by atoms with Crippen molar-refractivity contribution in [3.05, 3.63) is 0 Å². The van der Waals surface area contributed by atoms with Crippen LogP contribution in [0.4, 0.5) is 17.7 Å². The molecular formula is C27H72BCl2F5N6O. The first-order chi connectivity index (χ1) is 15.6. The van der Waals surface area contributed by atoms with Crippen LogP contribution in [0.3, 0.4) is 0 Å². The molecule has 0 amide bonds. The third kappa shape index (κ3) is 30.3. The Morgan fingerprint density at radius 2 is 0.905 bits per heavy atom. The molecule has 0 aromatic carbocycles. The molecule has 2 heterocycles. The van der Waals surface area contributed by atoms with Crippen LogP contribution in [0.2, 0.25) is 0 Å². The molecule has 0 radical (unpaired) electrons. The van der Waals surface area contributed by atoms with Crippen LogP contribution in [0.5, 0.6) is 0 Å². The predicted octanol–water partition coefficient (Wildman–Crippen LogP) is 0.229. The molecule has 0 saturated heterocycles. The summed E-state index contributed by atoms with van der Waals surface area (Å²) in [7, 11) is 4.99. The van der Waals surface area contributed by atoms with Crippen LogP contribution in [0, 0.1) is 0 Å². The van der Waals surface area contributed by atoms with E-state index in [-0.39, 0.29) is 71.4 Å². The molecule has 0 fully saturated rings. The van der Waals surface area contributed by atoms with Crippen LogP contribution in [0.25, 0.3) is 0 Å². The van der Waals surface area contributed by atoms with Gasteiger partial charge in [0.25, 0.3) is 0 Å². The molecule has 0 aromatic heterocycles. The van der Waals surface area contributed by atoms with Crippen molar-refractivity contribution in [2.24, 2.45) is 0 Å². The summed E-state index contributed by atoms with van der Waals surface area (Å²) in [6.07, 6.45) is 0. The van der Waals surface area contributed by atoms with E-state index in [1.807, 2.05) is 13.8 Å². The average molecular weight is 674 g/mol. The molecule has 15 heteroatoms. The molecule has 2 rings (SSSR count). The van der Waals surface area contributed by atoms with Gasteiger partial charge in [-0.05, 0) is 41.5 Å². The molecule has 0 spiro atoms. The molecule has 0 unspecified atom stereocenters. The fraction of sp³-hybridized carbons (Fsp3) is 0.926. The molecule has 0 aromatic rings. The third-order valence-corrected chi connectivity index (χ3v) is 5.41. The van der Waals surface area contributed by atoms with Crippen LogP contribution in [0.1, 0.15) is 78.7 Å². The van der Waals surface area contributed by atoms with E-state index in [4.69, 9.17) is 4.74 Å². The largest absolute Gasteiger partial charge is 1.00 e. The van der Waals surface area contributed by atoms with Crippen molar-refractivity contribution in [3.63, 3.8) is 0 Å². The van der Waals surface area contributed by atoms with E-state index in [2.05, 4.69) is 84.6 Å². The Morgan fingerprint density at radius 1 is 0.690 bits per heavy atom. The van der Waals surface area contributed by atoms with Gasteiger partial charge in [0.05, 0.1) is 80.5 Å². The van der Waals surface area contributed by atoms with Crippen LogP contribution < -0.4 is 17.1 Å². The molecule has 0 saturated carbocycles. The zero-order valence-corrected chi connectivity index (χ0v) is 26.0. The summed E-state index contributed by atoms with van der Waals surface area (Å²) >= 11 is 0. The highest BCUT2D eigenvalue weighted by atomic mass is 35.5. The van der Waals surface area contributed by atoms with E-state index in [0.717, 1.165) is 65.6 Å². The molecule has 268 valence electrons. The summed E-state index contributed by atoms with van der Waals surface area (Å²) in [6.45, 7) is 23.5. The topological polar surface area (TPSA) is 28.2 Å². The number of likely N-dealkylation sites (N-methyl/N-ethyl adjacent to an activating group) is 4. The van der Waals surface area contributed by atoms with Gasteiger partial charge >= 0.3 is 19.5 Å². The Morgan fingerprint density at radius 3 is 1.00 bits per heavy atom. The van der Waals surface area contributed by atoms with Gasteiger partial charge in [-0.15, -0.1) is 12.4 Å². The summed E-state index contributed by atoms with van der Waals surface area (Å²) in [5.41, 5.74) is 0. The molecule has 2 aliphatic rings. The van der Waals surface area contributed by atoms with Crippen molar-refractivity contribution in [2.75, 3.05) is 93.8 Å². The number of ether oxygens (including phenoxy) is 1. The normalized spacial score (nSPS) is 11.6. The second-order valence-corrected chi connectivity index (χ2v) is 7.66. The van der Waals surface area contributed by atoms with Gasteiger partial charge in [-0.1, -0.05) is 37.1 Å². The predicted molar refractivity (Wildman–Crippen MR) is 178 cm³/mol. The van der Waals surface area contributed by atoms with Crippen LogP contribution >= 0.6 is 12.4 Å². The van der Waals surface area contributed by atoms with Gasteiger partial charge in [-0.3, -0.25) is 46.4 Å². The van der Waals surface area contributed by atoms with E-state index in [9.17, 15) is 12.9 Å². The maximum atomic E-state index is 9.67. The maximum Gasteiger partial charge on any atom is 0.762 e. The van der Waals surface area contributed by atoms with Crippen molar-refractivity contribution in [3.8, 4) is 0 Å². The third-order valence-electron chi connectivity index (χ3n) is 5.41. The van der Waals surface area contributed by atoms with Gasteiger partial charge in [-0.25, -0.2) is 0 Å². The second-order valence-electron chi connectivity index (χ2n) is 7.66. The fourth-order valence-electron chi connectivity index (χ4n) is 3.77. The van der Waals surface area contributed by atoms with Crippen LogP contribution in [-0.4, -0.2) is 142 Å². The Balaban J connectivity index is -0.0000000340. The molecule has 0 atom stereocenters. The van der Waals surface area contributed by atoms with Crippen molar-refractivity contribution >= 4 is 31.9 Å². The molecule has 2 aliphatic heterocycles. The zero-order chi connectivity index (χ0) is 26.0. The summed E-state index contributed by atoms with van der Waals surface area (Å²) in [4.78, 5) is 9.44. The minimum absolute atomic E-state index is 0. The van der Waals surface area contributed by atoms with Crippen molar-refractivity contribution in [1.82, 2.24) is 19.6 Å². The van der Waals surface area contributed by atoms with Gasteiger partial charge in [0.15, 0.2) is 0 Å². The fourth-order valence-corrected chi connectivity index (χ4v) is 3.77. The first-order valence-corrected chi connectivity index (χ1v) is 12.1. The van der Waals surface area contributed by atoms with Crippen molar-refractivity contribution in [2.45, 2.75) is 78.7 Å². The summed E-state index contributed by atoms with van der Waals surface area (Å²) in [5.74, 6) is 2.75. The van der Waals surface area contributed by atoms with E-state index < -0.39 is 7.54 Å². The number of halogens is 7. The van der Waals surface area contributed by atoms with Gasteiger partial charge < -0.3 is 21.8 Å². The summed E-state index contributed by atoms with van der Waals surface area (Å²) < 4.78 is 38.5. The lowest BCUT2D eigenvalue weighted by Crippen LogP contribution is -3.00. The number of hydrogen-bond donors (Lipinski definition) is 0. The SMILES string of the molecule is C.C.C.C.C.CCN(CC)C1=[N+](C)CCN1C.CCN(CC)C1=[N+](C)CCN1C.CCOCC.Cl.F.FB(F)F.[Cl-].[F-]. The highest BCUT2D eigenvalue weighted by Crippen LogP contribution is 2.03. The molecular weight excluding hydrogens is 601 g/mol. The Kier molecular flexibility index (Phi) is 76.7. The monoisotopic (exact) mass is 673 g/mol. The molecule has 0 bridgehead atoms. The number of rotatable bonds is 6. The number of hydrogen-bond acceptors (Lipinski definition) is 5. The zero-order valence-electron chi connectivity index (χ0n) is 24.4. The Bertz CT molecular complexity index is 532. The Hall–Kier alpha value is -1.21. The first kappa shape index (κ1) is 72.8. The van der Waals surface area contributed by atoms with Gasteiger partial charge in [0.2, 0.25) is 0 Å². The van der Waals surface area contributed by atoms with Crippen LogP contribution in [-0.2, 0) is 4.74 Å². The van der Waals surface area contributed by atoms with E-state index in [1.54, 1.807) is 0 Å². The van der Waals surface area contributed by atoms with Gasteiger partial charge in [0, 0.05) is 13.2 Å². The summed E-state index contributed by atoms with van der Waals surface area (Å²) in [6, 6.07) is 0. The standard InChI is InChI=1S/2C9H20N3.C4H10O.5CH4.BF3.2ClH.2FH/c2*1-5-12(6-2)9-10(3)7-8-11(9)4;1-3-5-4-2;;;;;;2-1(3)4;;;;/h2*5-8H2,1-4H3;3-4H2,1-2H3;5*1H4;;4*1H/q2*+1;;;;;;;;;;;/p-2. The second kappa shape index (κ2) is 44.2. The summed E-state index contributed by atoms with van der Waals surface area (Å²) in [5, 5.41) is 0. The smallest absolute Gasteiger partial charge is 0.762 e.